The van der Waals surface area contributed by atoms with Gasteiger partial charge in [0.1, 0.15) is 0 Å². The Morgan fingerprint density at radius 1 is 1.31 bits per heavy atom. The molecule has 0 aromatic rings. The van der Waals surface area contributed by atoms with Crippen LogP contribution in [0.25, 0.3) is 0 Å². The number of hydrogen-bond donors (Lipinski definition) is 2. The summed E-state index contributed by atoms with van der Waals surface area (Å²) in [5.41, 5.74) is 0. The lowest BCUT2D eigenvalue weighted by Gasteiger charge is -2.18. The SMILES string of the molecule is CNC(=O)C(=O)NC1CC=CCC1. The first-order valence-corrected chi connectivity index (χ1v) is 4.41. The maximum atomic E-state index is 11.1. The molecule has 4 heteroatoms. The molecule has 1 aliphatic rings. The fourth-order valence-electron chi connectivity index (χ4n) is 1.29. The summed E-state index contributed by atoms with van der Waals surface area (Å²) < 4.78 is 0. The minimum absolute atomic E-state index is 0.120. The molecule has 0 aliphatic heterocycles. The first-order valence-electron chi connectivity index (χ1n) is 4.41. The molecule has 4 nitrogen and oxygen atoms in total. The van der Waals surface area contributed by atoms with Gasteiger partial charge in [0.15, 0.2) is 0 Å². The molecule has 0 radical (unpaired) electrons. The van der Waals surface area contributed by atoms with Gasteiger partial charge in [-0.3, -0.25) is 9.59 Å². The lowest BCUT2D eigenvalue weighted by atomic mass is 10.0. The van der Waals surface area contributed by atoms with Crippen molar-refractivity contribution in [3.63, 3.8) is 0 Å². The average molecular weight is 182 g/mol. The lowest BCUT2D eigenvalue weighted by Crippen LogP contribution is -2.43. The quantitative estimate of drug-likeness (QED) is 0.441. The Hall–Kier alpha value is -1.32. The topological polar surface area (TPSA) is 58.2 Å². The summed E-state index contributed by atoms with van der Waals surface area (Å²) in [6.07, 6.45) is 6.82. The standard InChI is InChI=1S/C9H14N2O2/c1-10-8(12)9(13)11-7-5-3-2-4-6-7/h2-3,7H,4-6H2,1H3,(H,10,12)(H,11,13). The van der Waals surface area contributed by atoms with Gasteiger partial charge >= 0.3 is 11.8 Å². The van der Waals surface area contributed by atoms with Crippen LogP contribution in [0.1, 0.15) is 19.3 Å². The predicted molar refractivity (Wildman–Crippen MR) is 49.0 cm³/mol. The van der Waals surface area contributed by atoms with Crippen LogP contribution in [-0.4, -0.2) is 24.9 Å². The van der Waals surface area contributed by atoms with Crippen LogP contribution in [0.15, 0.2) is 12.2 Å². The second kappa shape index (κ2) is 4.64. The van der Waals surface area contributed by atoms with E-state index in [1.165, 1.54) is 7.05 Å². The first kappa shape index (κ1) is 9.77. The van der Waals surface area contributed by atoms with Gasteiger partial charge in [0, 0.05) is 13.1 Å². The third kappa shape index (κ3) is 2.89. The Labute approximate surface area is 77.4 Å². The molecule has 1 rings (SSSR count). The molecule has 0 aromatic carbocycles. The van der Waals surface area contributed by atoms with E-state index in [0.29, 0.717) is 0 Å². The van der Waals surface area contributed by atoms with E-state index >= 15 is 0 Å². The van der Waals surface area contributed by atoms with Crippen molar-refractivity contribution in [2.75, 3.05) is 7.05 Å². The van der Waals surface area contributed by atoms with Crippen LogP contribution < -0.4 is 10.6 Å². The maximum absolute atomic E-state index is 11.1. The summed E-state index contributed by atoms with van der Waals surface area (Å²) in [6, 6.07) is 0.120. The van der Waals surface area contributed by atoms with E-state index in [1.54, 1.807) is 0 Å². The Morgan fingerprint density at radius 3 is 2.62 bits per heavy atom. The van der Waals surface area contributed by atoms with E-state index in [-0.39, 0.29) is 6.04 Å². The Morgan fingerprint density at radius 2 is 2.08 bits per heavy atom. The summed E-state index contributed by atoms with van der Waals surface area (Å²) in [6.45, 7) is 0. The smallest absolute Gasteiger partial charge is 0.309 e. The van der Waals surface area contributed by atoms with E-state index in [2.05, 4.69) is 16.7 Å². The van der Waals surface area contributed by atoms with Crippen molar-refractivity contribution in [2.24, 2.45) is 0 Å². The van der Waals surface area contributed by atoms with Crippen molar-refractivity contribution >= 4 is 11.8 Å². The van der Waals surface area contributed by atoms with E-state index in [4.69, 9.17) is 0 Å². The average Bonchev–Trinajstić information content (AvgIpc) is 2.18. The highest BCUT2D eigenvalue weighted by Crippen LogP contribution is 2.09. The van der Waals surface area contributed by atoms with E-state index in [0.717, 1.165) is 19.3 Å². The minimum atomic E-state index is -0.574. The molecular weight excluding hydrogens is 168 g/mol. The van der Waals surface area contributed by atoms with Gasteiger partial charge in [-0.2, -0.15) is 0 Å². The normalized spacial score (nSPS) is 20.8. The molecule has 1 atom stereocenters. The van der Waals surface area contributed by atoms with Crippen LogP contribution >= 0.6 is 0 Å². The Bertz CT molecular complexity index is 236. The van der Waals surface area contributed by atoms with Crippen LogP contribution in [0.2, 0.25) is 0 Å². The Kier molecular flexibility index (Phi) is 3.49. The third-order valence-corrected chi connectivity index (χ3v) is 2.04. The molecule has 0 heterocycles. The molecule has 0 fully saturated rings. The van der Waals surface area contributed by atoms with Crippen molar-refractivity contribution in [1.82, 2.24) is 10.6 Å². The number of carbonyl (C=O) groups excluding carboxylic acids is 2. The zero-order valence-corrected chi connectivity index (χ0v) is 7.67. The largest absolute Gasteiger partial charge is 0.351 e. The third-order valence-electron chi connectivity index (χ3n) is 2.04. The highest BCUT2D eigenvalue weighted by molar-refractivity contribution is 6.35. The molecule has 72 valence electrons. The van der Waals surface area contributed by atoms with Crippen LogP contribution in [0, 0.1) is 0 Å². The molecular formula is C9H14N2O2. The summed E-state index contributed by atoms with van der Waals surface area (Å²) in [7, 11) is 1.45. The number of amides is 2. The number of nitrogens with one attached hydrogen (secondary N) is 2. The molecule has 0 aromatic heterocycles. The molecule has 1 aliphatic carbocycles. The molecule has 0 spiro atoms. The van der Waals surface area contributed by atoms with Crippen molar-refractivity contribution < 1.29 is 9.59 Å². The molecule has 1 unspecified atom stereocenters. The fraction of sp³-hybridized carbons (Fsp3) is 0.556. The zero-order chi connectivity index (χ0) is 9.68. The summed E-state index contributed by atoms with van der Waals surface area (Å²) in [5, 5.41) is 4.95. The van der Waals surface area contributed by atoms with Crippen LogP contribution in [0.3, 0.4) is 0 Å². The number of likely N-dealkylation sites (N-methyl/N-ethyl adjacent to an activating group) is 1. The highest BCUT2D eigenvalue weighted by atomic mass is 16.2. The number of rotatable bonds is 1. The van der Waals surface area contributed by atoms with Crippen LogP contribution in [0.5, 0.6) is 0 Å². The van der Waals surface area contributed by atoms with Crippen LogP contribution in [-0.2, 0) is 9.59 Å². The highest BCUT2D eigenvalue weighted by Gasteiger charge is 2.17. The fourth-order valence-corrected chi connectivity index (χ4v) is 1.29. The van der Waals surface area contributed by atoms with Crippen molar-refractivity contribution in [3.05, 3.63) is 12.2 Å². The van der Waals surface area contributed by atoms with Gasteiger partial charge < -0.3 is 10.6 Å². The van der Waals surface area contributed by atoms with E-state index < -0.39 is 11.8 Å². The predicted octanol–water partition coefficient (Wildman–Crippen LogP) is -0.0427. The van der Waals surface area contributed by atoms with Gasteiger partial charge in [0.25, 0.3) is 0 Å². The van der Waals surface area contributed by atoms with Gasteiger partial charge in [-0.1, -0.05) is 12.2 Å². The number of carbonyl (C=O) groups is 2. The monoisotopic (exact) mass is 182 g/mol. The zero-order valence-electron chi connectivity index (χ0n) is 7.67. The summed E-state index contributed by atoms with van der Waals surface area (Å²) >= 11 is 0. The number of allylic oxidation sites excluding steroid dienone is 1. The van der Waals surface area contributed by atoms with Gasteiger partial charge in [0.05, 0.1) is 0 Å². The van der Waals surface area contributed by atoms with Gasteiger partial charge in [-0.15, -0.1) is 0 Å². The second-order valence-corrected chi connectivity index (χ2v) is 3.03. The van der Waals surface area contributed by atoms with Crippen molar-refractivity contribution in [1.29, 1.82) is 0 Å². The first-order chi connectivity index (χ1) is 6.24. The Balaban J connectivity index is 2.35. The molecule has 0 saturated carbocycles. The van der Waals surface area contributed by atoms with E-state index in [1.807, 2.05) is 6.08 Å². The number of hydrogen-bond acceptors (Lipinski definition) is 2. The molecule has 0 bridgehead atoms. The van der Waals surface area contributed by atoms with Gasteiger partial charge in [-0.25, -0.2) is 0 Å². The summed E-state index contributed by atoms with van der Waals surface area (Å²) in [5.74, 6) is -1.11. The molecule has 2 N–H and O–H groups in total. The minimum Gasteiger partial charge on any atom is -0.351 e. The summed E-state index contributed by atoms with van der Waals surface area (Å²) in [4.78, 5) is 21.9. The van der Waals surface area contributed by atoms with Gasteiger partial charge in [0.2, 0.25) is 0 Å². The maximum Gasteiger partial charge on any atom is 0.309 e. The molecule has 13 heavy (non-hydrogen) atoms. The van der Waals surface area contributed by atoms with Crippen LogP contribution in [0.4, 0.5) is 0 Å². The van der Waals surface area contributed by atoms with Crippen molar-refractivity contribution in [3.8, 4) is 0 Å². The van der Waals surface area contributed by atoms with E-state index in [9.17, 15) is 9.59 Å². The molecule has 2 amide bonds. The molecule has 0 saturated heterocycles. The lowest BCUT2D eigenvalue weighted by molar-refractivity contribution is -0.139. The second-order valence-electron chi connectivity index (χ2n) is 3.03. The van der Waals surface area contributed by atoms with Crippen molar-refractivity contribution in [2.45, 2.75) is 25.3 Å². The van der Waals surface area contributed by atoms with Gasteiger partial charge in [-0.05, 0) is 19.3 Å².